The summed E-state index contributed by atoms with van der Waals surface area (Å²) in [5.41, 5.74) is 1.91. The molecule has 2 aromatic heterocycles. The number of hydrogen-bond donors (Lipinski definition) is 1. The first-order chi connectivity index (χ1) is 9.61. The monoisotopic (exact) mass is 275 g/mol. The maximum Gasteiger partial charge on any atom is 0.170 e. The molecule has 108 valence electrons. The average Bonchev–Trinajstić information content (AvgIpc) is 2.75. The number of aryl methyl sites for hydroxylation is 2. The second-order valence-corrected chi connectivity index (χ2v) is 4.69. The average molecular weight is 275 g/mol. The Morgan fingerprint density at radius 1 is 1.25 bits per heavy atom. The summed E-state index contributed by atoms with van der Waals surface area (Å²) >= 11 is 0. The Morgan fingerprint density at radius 2 is 2.05 bits per heavy atom. The lowest BCUT2D eigenvalue weighted by atomic mass is 10.3. The summed E-state index contributed by atoms with van der Waals surface area (Å²) in [6.07, 6.45) is 0. The number of nitrogens with one attached hydrogen (secondary N) is 1. The first-order valence-electron chi connectivity index (χ1n) is 6.76. The van der Waals surface area contributed by atoms with Crippen LogP contribution in [-0.4, -0.2) is 26.3 Å². The van der Waals surface area contributed by atoms with Crippen LogP contribution in [0.25, 0.3) is 0 Å². The van der Waals surface area contributed by atoms with E-state index in [1.54, 1.807) is 0 Å². The maximum absolute atomic E-state index is 5.84. The number of pyridine rings is 1. The van der Waals surface area contributed by atoms with Crippen LogP contribution in [0.15, 0.2) is 12.1 Å². The van der Waals surface area contributed by atoms with Crippen molar-refractivity contribution in [3.8, 4) is 5.75 Å². The number of nitrogens with zero attached hydrogens (tertiary/aromatic N) is 4. The highest BCUT2D eigenvalue weighted by atomic mass is 16.5. The normalized spacial score (nSPS) is 10.8. The molecule has 0 aromatic carbocycles. The van der Waals surface area contributed by atoms with Crippen LogP contribution >= 0.6 is 0 Å². The molecule has 2 rings (SSSR count). The molecule has 0 saturated carbocycles. The van der Waals surface area contributed by atoms with E-state index in [2.05, 4.69) is 27.4 Å². The van der Waals surface area contributed by atoms with E-state index >= 15 is 0 Å². The van der Waals surface area contributed by atoms with Crippen molar-refractivity contribution in [3.63, 3.8) is 0 Å². The van der Waals surface area contributed by atoms with Crippen molar-refractivity contribution in [2.45, 2.75) is 33.9 Å². The highest BCUT2D eigenvalue weighted by Gasteiger charge is 2.09. The molecule has 0 aliphatic heterocycles. The summed E-state index contributed by atoms with van der Waals surface area (Å²) in [5, 5.41) is 11.4. The Balaban J connectivity index is 2.10. The van der Waals surface area contributed by atoms with E-state index in [-0.39, 0.29) is 0 Å². The smallest absolute Gasteiger partial charge is 0.170 e. The minimum absolute atomic E-state index is 0.390. The zero-order valence-corrected chi connectivity index (χ0v) is 12.5. The van der Waals surface area contributed by atoms with Gasteiger partial charge in [0.05, 0.1) is 5.69 Å². The van der Waals surface area contributed by atoms with Crippen LogP contribution in [0.1, 0.15) is 30.0 Å². The summed E-state index contributed by atoms with van der Waals surface area (Å²) in [7, 11) is 1.93. The van der Waals surface area contributed by atoms with E-state index in [0.717, 1.165) is 35.3 Å². The Bertz CT molecular complexity index is 579. The Hall–Kier alpha value is -1.95. The molecule has 0 spiro atoms. The van der Waals surface area contributed by atoms with E-state index in [4.69, 9.17) is 4.74 Å². The lowest BCUT2D eigenvalue weighted by Crippen LogP contribution is -2.15. The van der Waals surface area contributed by atoms with Crippen molar-refractivity contribution in [1.82, 2.24) is 25.1 Å². The largest absolute Gasteiger partial charge is 0.484 e. The predicted octanol–water partition coefficient (Wildman–Crippen LogP) is 1.52. The third-order valence-electron chi connectivity index (χ3n) is 3.15. The SMILES string of the molecule is CCNCc1nc(C)ccc1OCc1nnc(C)n1C. The Kier molecular flexibility index (Phi) is 4.68. The van der Waals surface area contributed by atoms with Gasteiger partial charge in [0.2, 0.25) is 0 Å². The van der Waals surface area contributed by atoms with Gasteiger partial charge in [-0.25, -0.2) is 0 Å². The van der Waals surface area contributed by atoms with Crippen LogP contribution in [-0.2, 0) is 20.2 Å². The zero-order chi connectivity index (χ0) is 14.5. The lowest BCUT2D eigenvalue weighted by molar-refractivity contribution is 0.285. The van der Waals surface area contributed by atoms with Crippen LogP contribution in [0.2, 0.25) is 0 Å². The van der Waals surface area contributed by atoms with Crippen LogP contribution < -0.4 is 10.1 Å². The molecular weight excluding hydrogens is 254 g/mol. The first-order valence-corrected chi connectivity index (χ1v) is 6.76. The van der Waals surface area contributed by atoms with Gasteiger partial charge in [0, 0.05) is 19.3 Å². The van der Waals surface area contributed by atoms with Crippen LogP contribution in [0.4, 0.5) is 0 Å². The van der Waals surface area contributed by atoms with Gasteiger partial charge < -0.3 is 14.6 Å². The molecule has 0 amide bonds. The molecule has 0 aliphatic carbocycles. The topological polar surface area (TPSA) is 64.9 Å². The summed E-state index contributed by atoms with van der Waals surface area (Å²) in [5.74, 6) is 2.47. The molecule has 6 heteroatoms. The van der Waals surface area contributed by atoms with Crippen molar-refractivity contribution in [2.24, 2.45) is 7.05 Å². The molecule has 20 heavy (non-hydrogen) atoms. The van der Waals surface area contributed by atoms with Gasteiger partial charge in [0.1, 0.15) is 18.2 Å². The molecule has 0 radical (unpaired) electrons. The van der Waals surface area contributed by atoms with Crippen molar-refractivity contribution in [1.29, 1.82) is 0 Å². The van der Waals surface area contributed by atoms with Gasteiger partial charge in [-0.15, -0.1) is 10.2 Å². The van der Waals surface area contributed by atoms with Gasteiger partial charge in [-0.2, -0.15) is 0 Å². The quantitative estimate of drug-likeness (QED) is 0.866. The second kappa shape index (κ2) is 6.47. The molecule has 6 nitrogen and oxygen atoms in total. The molecule has 0 atom stereocenters. The van der Waals surface area contributed by atoms with Gasteiger partial charge >= 0.3 is 0 Å². The van der Waals surface area contributed by atoms with Crippen molar-refractivity contribution < 1.29 is 4.74 Å². The fraction of sp³-hybridized carbons (Fsp3) is 0.500. The van der Waals surface area contributed by atoms with Crippen molar-refractivity contribution in [3.05, 3.63) is 35.2 Å². The summed E-state index contributed by atoms with van der Waals surface area (Å²) in [6, 6.07) is 3.91. The third-order valence-corrected chi connectivity index (χ3v) is 3.15. The summed E-state index contributed by atoms with van der Waals surface area (Å²) < 4.78 is 7.77. The second-order valence-electron chi connectivity index (χ2n) is 4.69. The third kappa shape index (κ3) is 3.33. The standard InChI is InChI=1S/C14H21N5O/c1-5-15-8-12-13(7-6-10(2)16-12)20-9-14-18-17-11(3)19(14)4/h6-7,15H,5,8-9H2,1-4H3. The van der Waals surface area contributed by atoms with Gasteiger partial charge in [-0.3, -0.25) is 4.98 Å². The number of rotatable bonds is 6. The zero-order valence-electron chi connectivity index (χ0n) is 12.5. The summed E-state index contributed by atoms with van der Waals surface area (Å²) in [6.45, 7) is 7.95. The van der Waals surface area contributed by atoms with E-state index in [9.17, 15) is 0 Å². The summed E-state index contributed by atoms with van der Waals surface area (Å²) in [4.78, 5) is 4.52. The first kappa shape index (κ1) is 14.5. The predicted molar refractivity (Wildman–Crippen MR) is 76.4 cm³/mol. The maximum atomic E-state index is 5.84. The Labute approximate surface area is 119 Å². The van der Waals surface area contributed by atoms with Crippen LogP contribution in [0.5, 0.6) is 5.75 Å². The molecule has 0 saturated heterocycles. The van der Waals surface area contributed by atoms with Gasteiger partial charge in [-0.1, -0.05) is 6.92 Å². The van der Waals surface area contributed by atoms with Crippen molar-refractivity contribution in [2.75, 3.05) is 6.54 Å². The van der Waals surface area contributed by atoms with Crippen molar-refractivity contribution >= 4 is 0 Å². The van der Waals surface area contributed by atoms with Gasteiger partial charge in [0.15, 0.2) is 5.82 Å². The van der Waals surface area contributed by atoms with Crippen LogP contribution in [0, 0.1) is 13.8 Å². The molecule has 0 aliphatic rings. The Morgan fingerprint density at radius 3 is 2.70 bits per heavy atom. The molecular formula is C14H21N5O. The molecule has 2 aromatic rings. The highest BCUT2D eigenvalue weighted by Crippen LogP contribution is 2.18. The fourth-order valence-electron chi connectivity index (χ4n) is 1.82. The molecule has 0 unspecified atom stereocenters. The van der Waals surface area contributed by atoms with Crippen LogP contribution in [0.3, 0.4) is 0 Å². The van der Waals surface area contributed by atoms with Gasteiger partial charge in [0.25, 0.3) is 0 Å². The number of ether oxygens (including phenoxy) is 1. The lowest BCUT2D eigenvalue weighted by Gasteiger charge is -2.11. The van der Waals surface area contributed by atoms with E-state index in [1.807, 2.05) is 37.6 Å². The molecule has 2 heterocycles. The molecule has 1 N–H and O–H groups in total. The number of aromatic nitrogens is 4. The van der Waals surface area contributed by atoms with E-state index in [1.165, 1.54) is 0 Å². The molecule has 0 bridgehead atoms. The van der Waals surface area contributed by atoms with Gasteiger partial charge in [-0.05, 0) is 32.5 Å². The minimum atomic E-state index is 0.390. The highest BCUT2D eigenvalue weighted by molar-refractivity contribution is 5.29. The number of hydrogen-bond acceptors (Lipinski definition) is 5. The molecule has 0 fully saturated rings. The van der Waals surface area contributed by atoms with E-state index < -0.39 is 0 Å². The minimum Gasteiger partial charge on any atom is -0.484 e. The fourth-order valence-corrected chi connectivity index (χ4v) is 1.82. The van der Waals surface area contributed by atoms with E-state index in [0.29, 0.717) is 13.2 Å².